The average Bonchev–Trinajstić information content (AvgIpc) is 2.46. The van der Waals surface area contributed by atoms with Crippen LogP contribution in [0.5, 0.6) is 0 Å². The molecule has 0 heterocycles. The van der Waals surface area contributed by atoms with Gasteiger partial charge in [-0.15, -0.1) is 0 Å². The molecule has 0 aliphatic carbocycles. The molecule has 1 unspecified atom stereocenters. The van der Waals surface area contributed by atoms with Crippen LogP contribution in [0.15, 0.2) is 30.3 Å². The summed E-state index contributed by atoms with van der Waals surface area (Å²) < 4.78 is 10.2. The van der Waals surface area contributed by atoms with Gasteiger partial charge >= 0.3 is 5.97 Å². The van der Waals surface area contributed by atoms with Crippen LogP contribution in [0.1, 0.15) is 18.0 Å². The molecule has 0 aliphatic heterocycles. The maximum Gasteiger partial charge on any atom is 0.305 e. The van der Waals surface area contributed by atoms with Crippen LogP contribution >= 0.6 is 0 Å². The third-order valence-electron chi connectivity index (χ3n) is 3.16. The van der Waals surface area contributed by atoms with E-state index in [1.165, 1.54) is 0 Å². The number of rotatable bonds is 10. The minimum absolute atomic E-state index is 0.0669. The number of ether oxygens (including phenoxy) is 2. The van der Waals surface area contributed by atoms with E-state index in [1.54, 1.807) is 14.2 Å². The monoisotopic (exact) mass is 281 g/mol. The Labute approximate surface area is 120 Å². The molecule has 20 heavy (non-hydrogen) atoms. The van der Waals surface area contributed by atoms with E-state index in [-0.39, 0.29) is 12.5 Å². The van der Waals surface area contributed by atoms with Crippen molar-refractivity contribution in [1.82, 2.24) is 4.90 Å². The Balaban J connectivity index is 2.87. The first-order valence-corrected chi connectivity index (χ1v) is 6.67. The highest BCUT2D eigenvalue weighted by Crippen LogP contribution is 2.24. The van der Waals surface area contributed by atoms with Crippen molar-refractivity contribution in [2.45, 2.75) is 12.5 Å². The highest BCUT2D eigenvalue weighted by atomic mass is 16.5. The van der Waals surface area contributed by atoms with Crippen LogP contribution in [-0.4, -0.2) is 56.5 Å². The molecule has 1 N–H and O–H groups in total. The SMILES string of the molecule is COCCN(CCOC)C(CC(=O)O)c1ccccc1. The molecule has 0 saturated carbocycles. The molecular formula is C15H23NO4. The van der Waals surface area contributed by atoms with Gasteiger partial charge in [0.2, 0.25) is 0 Å². The smallest absolute Gasteiger partial charge is 0.305 e. The molecule has 0 aromatic heterocycles. The van der Waals surface area contributed by atoms with Crippen LogP contribution < -0.4 is 0 Å². The molecule has 5 heteroatoms. The van der Waals surface area contributed by atoms with Gasteiger partial charge in [-0.3, -0.25) is 9.69 Å². The predicted molar refractivity (Wildman–Crippen MR) is 76.8 cm³/mol. The van der Waals surface area contributed by atoms with Crippen molar-refractivity contribution >= 4 is 5.97 Å². The first-order valence-electron chi connectivity index (χ1n) is 6.67. The topological polar surface area (TPSA) is 59.0 Å². The van der Waals surface area contributed by atoms with Crippen molar-refractivity contribution in [2.75, 3.05) is 40.5 Å². The average molecular weight is 281 g/mol. The molecule has 5 nitrogen and oxygen atoms in total. The molecule has 1 aromatic carbocycles. The van der Waals surface area contributed by atoms with Gasteiger partial charge in [-0.2, -0.15) is 0 Å². The second kappa shape index (κ2) is 9.47. The molecule has 0 saturated heterocycles. The van der Waals surface area contributed by atoms with Crippen molar-refractivity contribution in [1.29, 1.82) is 0 Å². The summed E-state index contributed by atoms with van der Waals surface area (Å²) in [6.45, 7) is 2.47. The van der Waals surface area contributed by atoms with E-state index in [0.717, 1.165) is 5.56 Å². The van der Waals surface area contributed by atoms with Gasteiger partial charge < -0.3 is 14.6 Å². The van der Waals surface area contributed by atoms with Crippen LogP contribution in [0, 0.1) is 0 Å². The number of carbonyl (C=O) groups is 1. The molecule has 1 aromatic rings. The summed E-state index contributed by atoms with van der Waals surface area (Å²) in [6.07, 6.45) is 0.0669. The Kier molecular flexibility index (Phi) is 7.87. The highest BCUT2D eigenvalue weighted by molar-refractivity contribution is 5.67. The molecule has 0 radical (unpaired) electrons. The van der Waals surface area contributed by atoms with E-state index in [9.17, 15) is 4.79 Å². The fourth-order valence-corrected chi connectivity index (χ4v) is 2.14. The fourth-order valence-electron chi connectivity index (χ4n) is 2.14. The fraction of sp³-hybridized carbons (Fsp3) is 0.533. The molecule has 0 amide bonds. The van der Waals surface area contributed by atoms with E-state index in [4.69, 9.17) is 14.6 Å². The summed E-state index contributed by atoms with van der Waals surface area (Å²) in [7, 11) is 3.28. The largest absolute Gasteiger partial charge is 0.481 e. The highest BCUT2D eigenvalue weighted by Gasteiger charge is 2.22. The normalized spacial score (nSPS) is 12.6. The van der Waals surface area contributed by atoms with E-state index in [1.807, 2.05) is 30.3 Å². The van der Waals surface area contributed by atoms with Crippen LogP contribution in [0.25, 0.3) is 0 Å². The minimum Gasteiger partial charge on any atom is -0.481 e. The van der Waals surface area contributed by atoms with Crippen LogP contribution in [0.3, 0.4) is 0 Å². The van der Waals surface area contributed by atoms with Crippen LogP contribution in [0.4, 0.5) is 0 Å². The van der Waals surface area contributed by atoms with Crippen molar-refractivity contribution in [3.63, 3.8) is 0 Å². The summed E-state index contributed by atoms with van der Waals surface area (Å²) in [4.78, 5) is 13.2. The molecule has 1 rings (SSSR count). The molecular weight excluding hydrogens is 258 g/mol. The van der Waals surface area contributed by atoms with Crippen molar-refractivity contribution in [2.24, 2.45) is 0 Å². The molecule has 1 atom stereocenters. The molecule has 0 bridgehead atoms. The van der Waals surface area contributed by atoms with Gasteiger partial charge in [0, 0.05) is 33.4 Å². The van der Waals surface area contributed by atoms with Gasteiger partial charge in [-0.25, -0.2) is 0 Å². The Morgan fingerprint density at radius 2 is 1.70 bits per heavy atom. The van der Waals surface area contributed by atoms with Gasteiger partial charge in [-0.1, -0.05) is 30.3 Å². The number of carboxylic acids is 1. The summed E-state index contributed by atoms with van der Waals surface area (Å²) in [5, 5.41) is 9.16. The zero-order valence-electron chi connectivity index (χ0n) is 12.1. The Morgan fingerprint density at radius 1 is 1.15 bits per heavy atom. The van der Waals surface area contributed by atoms with Crippen LogP contribution in [-0.2, 0) is 14.3 Å². The second-order valence-corrected chi connectivity index (χ2v) is 4.55. The summed E-state index contributed by atoms with van der Waals surface area (Å²) >= 11 is 0. The van der Waals surface area contributed by atoms with E-state index in [2.05, 4.69) is 4.90 Å². The number of nitrogens with zero attached hydrogens (tertiary/aromatic N) is 1. The number of hydrogen-bond donors (Lipinski definition) is 1. The molecule has 0 spiro atoms. The lowest BCUT2D eigenvalue weighted by atomic mass is 10.0. The van der Waals surface area contributed by atoms with Gasteiger partial charge in [0.05, 0.1) is 19.6 Å². The summed E-state index contributed by atoms with van der Waals surface area (Å²) in [5.41, 5.74) is 1.00. The van der Waals surface area contributed by atoms with Crippen molar-refractivity contribution < 1.29 is 19.4 Å². The van der Waals surface area contributed by atoms with Crippen LogP contribution in [0.2, 0.25) is 0 Å². The van der Waals surface area contributed by atoms with E-state index < -0.39 is 5.97 Å². The first kappa shape index (κ1) is 16.6. The van der Waals surface area contributed by atoms with Gasteiger partial charge in [0.25, 0.3) is 0 Å². The Morgan fingerprint density at radius 3 is 2.15 bits per heavy atom. The quantitative estimate of drug-likeness (QED) is 0.708. The standard InChI is InChI=1S/C15H23NO4/c1-19-10-8-16(9-11-20-2)14(12-15(17)18)13-6-4-3-5-7-13/h3-7,14H,8-12H2,1-2H3,(H,17,18). The van der Waals surface area contributed by atoms with Crippen molar-refractivity contribution in [3.05, 3.63) is 35.9 Å². The Bertz CT molecular complexity index is 375. The predicted octanol–water partition coefficient (Wildman–Crippen LogP) is 1.80. The number of hydrogen-bond acceptors (Lipinski definition) is 4. The lowest BCUT2D eigenvalue weighted by Crippen LogP contribution is -2.35. The number of carboxylic acid groups (broad SMARTS) is 1. The van der Waals surface area contributed by atoms with E-state index >= 15 is 0 Å². The number of aliphatic carboxylic acids is 1. The van der Waals surface area contributed by atoms with Gasteiger partial charge in [0.1, 0.15) is 0 Å². The number of benzene rings is 1. The van der Waals surface area contributed by atoms with E-state index in [0.29, 0.717) is 26.3 Å². The molecule has 0 fully saturated rings. The summed E-state index contributed by atoms with van der Waals surface area (Å²) in [6, 6.07) is 9.53. The lowest BCUT2D eigenvalue weighted by molar-refractivity contribution is -0.138. The number of methoxy groups -OCH3 is 2. The third-order valence-corrected chi connectivity index (χ3v) is 3.16. The van der Waals surface area contributed by atoms with Crippen molar-refractivity contribution in [3.8, 4) is 0 Å². The maximum atomic E-state index is 11.1. The summed E-state index contributed by atoms with van der Waals surface area (Å²) in [5.74, 6) is -0.807. The lowest BCUT2D eigenvalue weighted by Gasteiger charge is -2.30. The van der Waals surface area contributed by atoms with Gasteiger partial charge in [-0.05, 0) is 5.56 Å². The molecule has 112 valence electrons. The maximum absolute atomic E-state index is 11.1. The zero-order valence-corrected chi connectivity index (χ0v) is 12.1. The minimum atomic E-state index is -0.807. The van der Waals surface area contributed by atoms with Gasteiger partial charge in [0.15, 0.2) is 0 Å². The zero-order chi connectivity index (χ0) is 14.8. The first-order chi connectivity index (χ1) is 9.69. The third kappa shape index (κ3) is 5.69. The second-order valence-electron chi connectivity index (χ2n) is 4.55. The molecule has 0 aliphatic rings. The Hall–Kier alpha value is -1.43.